The predicted molar refractivity (Wildman–Crippen MR) is 54.6 cm³/mol. The van der Waals surface area contributed by atoms with E-state index in [4.69, 9.17) is 4.74 Å². The fraction of sp³-hybridized carbons (Fsp3) is 0.333. The third-order valence-electron chi connectivity index (χ3n) is 1.84. The second kappa shape index (κ2) is 4.41. The molecule has 1 aromatic rings. The maximum atomic E-state index is 11.4. The van der Waals surface area contributed by atoms with Gasteiger partial charge in [-0.1, -0.05) is 0 Å². The van der Waals surface area contributed by atoms with Crippen LogP contribution in [0.2, 0.25) is 0 Å². The van der Waals surface area contributed by atoms with Crippen LogP contribution in [0.25, 0.3) is 0 Å². The lowest BCUT2D eigenvalue weighted by Crippen LogP contribution is -2.05. The number of nitrogens with one attached hydrogen (secondary N) is 1. The molecule has 1 aromatic heterocycles. The van der Waals surface area contributed by atoms with E-state index in [1.807, 2.05) is 0 Å². The number of aromatic nitrogens is 1. The van der Waals surface area contributed by atoms with E-state index < -0.39 is 5.97 Å². The van der Waals surface area contributed by atoms with E-state index in [1.165, 1.54) is 0 Å². The normalized spacial score (nSPS) is 9.93. The molecule has 0 aliphatic heterocycles. The van der Waals surface area contributed by atoms with Crippen molar-refractivity contribution in [3.8, 4) is 0 Å². The molecule has 0 aliphatic carbocycles. The number of carbonyl (C=O) groups excluding carboxylic acids is 2. The van der Waals surface area contributed by atoms with Crippen LogP contribution in [0.5, 0.6) is 0 Å². The molecule has 0 bridgehead atoms. The number of carbonyl (C=O) groups is 2. The largest absolute Gasteiger partial charge is 0.462 e. The average molecular weight is 260 g/mol. The van der Waals surface area contributed by atoms with Gasteiger partial charge in [0.05, 0.1) is 22.5 Å². The summed E-state index contributed by atoms with van der Waals surface area (Å²) in [6.45, 7) is 3.73. The molecule has 0 saturated heterocycles. The summed E-state index contributed by atoms with van der Waals surface area (Å²) < 4.78 is 5.32. The summed E-state index contributed by atoms with van der Waals surface area (Å²) in [7, 11) is 0. The Morgan fingerprint density at radius 3 is 2.71 bits per heavy atom. The van der Waals surface area contributed by atoms with Gasteiger partial charge in [-0.05, 0) is 35.3 Å². The Hall–Kier alpha value is -1.10. The molecule has 0 unspecified atom stereocenters. The van der Waals surface area contributed by atoms with Gasteiger partial charge in [0.15, 0.2) is 6.29 Å². The third-order valence-corrected chi connectivity index (χ3v) is 2.44. The van der Waals surface area contributed by atoms with Crippen LogP contribution in [0.4, 0.5) is 0 Å². The van der Waals surface area contributed by atoms with Gasteiger partial charge >= 0.3 is 5.97 Å². The number of hydrogen-bond donors (Lipinski definition) is 1. The van der Waals surface area contributed by atoms with Gasteiger partial charge in [-0.3, -0.25) is 4.79 Å². The summed E-state index contributed by atoms with van der Waals surface area (Å²) >= 11 is 3.16. The Morgan fingerprint density at radius 1 is 1.64 bits per heavy atom. The summed E-state index contributed by atoms with van der Waals surface area (Å²) in [6, 6.07) is 0. The summed E-state index contributed by atoms with van der Waals surface area (Å²) in [6.07, 6.45) is 0.669. The fourth-order valence-corrected chi connectivity index (χ4v) is 1.81. The SMILES string of the molecule is CCOC(=O)c1c(Br)[nH]c(C=O)c1C. The van der Waals surface area contributed by atoms with Crippen molar-refractivity contribution in [2.24, 2.45) is 0 Å². The molecule has 0 atom stereocenters. The summed E-state index contributed by atoms with van der Waals surface area (Å²) in [5, 5.41) is 0. The van der Waals surface area contributed by atoms with Gasteiger partial charge in [-0.2, -0.15) is 0 Å². The first kappa shape index (κ1) is 11.0. The van der Waals surface area contributed by atoms with Crippen LogP contribution in [0.3, 0.4) is 0 Å². The quantitative estimate of drug-likeness (QED) is 0.668. The number of rotatable bonds is 3. The van der Waals surface area contributed by atoms with E-state index in [0.29, 0.717) is 34.3 Å². The van der Waals surface area contributed by atoms with Crippen molar-refractivity contribution in [1.82, 2.24) is 4.98 Å². The molecule has 5 heteroatoms. The van der Waals surface area contributed by atoms with Crippen LogP contribution in [-0.2, 0) is 4.74 Å². The van der Waals surface area contributed by atoms with E-state index in [9.17, 15) is 9.59 Å². The average Bonchev–Trinajstić information content (AvgIpc) is 2.41. The zero-order chi connectivity index (χ0) is 10.7. The Kier molecular flexibility index (Phi) is 3.46. The summed E-state index contributed by atoms with van der Waals surface area (Å²) in [5.74, 6) is -0.429. The van der Waals surface area contributed by atoms with Gasteiger partial charge in [-0.15, -0.1) is 0 Å². The van der Waals surface area contributed by atoms with Gasteiger partial charge in [0, 0.05) is 0 Å². The monoisotopic (exact) mass is 259 g/mol. The number of aromatic amines is 1. The summed E-state index contributed by atoms with van der Waals surface area (Å²) in [4.78, 5) is 24.7. The molecule has 1 rings (SSSR count). The number of aldehydes is 1. The number of H-pyrrole nitrogens is 1. The van der Waals surface area contributed by atoms with Crippen LogP contribution in [0.15, 0.2) is 4.60 Å². The molecule has 76 valence electrons. The molecule has 0 spiro atoms. The number of ether oxygens (including phenoxy) is 1. The van der Waals surface area contributed by atoms with E-state index in [-0.39, 0.29) is 0 Å². The highest BCUT2D eigenvalue weighted by atomic mass is 79.9. The molecular weight excluding hydrogens is 250 g/mol. The lowest BCUT2D eigenvalue weighted by atomic mass is 10.2. The highest BCUT2D eigenvalue weighted by molar-refractivity contribution is 9.10. The van der Waals surface area contributed by atoms with Crippen LogP contribution >= 0.6 is 15.9 Å². The molecule has 0 fully saturated rings. The lowest BCUT2D eigenvalue weighted by molar-refractivity contribution is 0.0524. The zero-order valence-corrected chi connectivity index (χ0v) is 9.47. The predicted octanol–water partition coefficient (Wildman–Crippen LogP) is 2.07. The van der Waals surface area contributed by atoms with Crippen LogP contribution in [-0.4, -0.2) is 23.8 Å². The molecule has 1 heterocycles. The van der Waals surface area contributed by atoms with E-state index >= 15 is 0 Å². The molecule has 0 saturated carbocycles. The highest BCUT2D eigenvalue weighted by Gasteiger charge is 2.19. The van der Waals surface area contributed by atoms with Crippen molar-refractivity contribution in [2.45, 2.75) is 13.8 Å². The highest BCUT2D eigenvalue weighted by Crippen LogP contribution is 2.22. The van der Waals surface area contributed by atoms with Crippen molar-refractivity contribution >= 4 is 28.2 Å². The molecular formula is C9H10BrNO3. The van der Waals surface area contributed by atoms with Crippen LogP contribution < -0.4 is 0 Å². The Balaban J connectivity index is 3.13. The Labute approximate surface area is 89.8 Å². The Morgan fingerprint density at radius 2 is 2.29 bits per heavy atom. The lowest BCUT2D eigenvalue weighted by Gasteiger charge is -2.00. The maximum absolute atomic E-state index is 11.4. The van der Waals surface area contributed by atoms with Crippen molar-refractivity contribution in [3.05, 3.63) is 21.4 Å². The van der Waals surface area contributed by atoms with Crippen molar-refractivity contribution in [2.75, 3.05) is 6.61 Å². The number of halogens is 1. The van der Waals surface area contributed by atoms with Crippen molar-refractivity contribution in [3.63, 3.8) is 0 Å². The zero-order valence-electron chi connectivity index (χ0n) is 7.89. The maximum Gasteiger partial charge on any atom is 0.341 e. The van der Waals surface area contributed by atoms with Crippen molar-refractivity contribution < 1.29 is 14.3 Å². The van der Waals surface area contributed by atoms with Gasteiger partial charge in [0.25, 0.3) is 0 Å². The van der Waals surface area contributed by atoms with Crippen LogP contribution in [0, 0.1) is 6.92 Å². The molecule has 0 aromatic carbocycles. The third kappa shape index (κ3) is 1.87. The van der Waals surface area contributed by atoms with Gasteiger partial charge in [-0.25, -0.2) is 4.79 Å². The van der Waals surface area contributed by atoms with E-state index in [1.54, 1.807) is 13.8 Å². The van der Waals surface area contributed by atoms with Crippen molar-refractivity contribution in [1.29, 1.82) is 0 Å². The molecule has 0 radical (unpaired) electrons. The molecule has 1 N–H and O–H groups in total. The standard InChI is InChI=1S/C9H10BrNO3/c1-3-14-9(13)7-5(2)6(4-12)11-8(7)10/h4,11H,3H2,1-2H3. The first-order valence-electron chi connectivity index (χ1n) is 4.12. The second-order valence-corrected chi connectivity index (χ2v) is 3.48. The first-order valence-corrected chi connectivity index (χ1v) is 4.91. The molecule has 0 aliphatic rings. The minimum atomic E-state index is -0.429. The van der Waals surface area contributed by atoms with Gasteiger partial charge < -0.3 is 9.72 Å². The number of esters is 1. The van der Waals surface area contributed by atoms with Gasteiger partial charge in [0.2, 0.25) is 0 Å². The molecule has 4 nitrogen and oxygen atoms in total. The Bertz CT molecular complexity index is 370. The molecule has 0 amide bonds. The van der Waals surface area contributed by atoms with E-state index in [0.717, 1.165) is 0 Å². The fourth-order valence-electron chi connectivity index (χ4n) is 1.14. The molecule has 14 heavy (non-hydrogen) atoms. The van der Waals surface area contributed by atoms with E-state index in [2.05, 4.69) is 20.9 Å². The minimum Gasteiger partial charge on any atom is -0.462 e. The second-order valence-electron chi connectivity index (χ2n) is 2.69. The summed E-state index contributed by atoms with van der Waals surface area (Å²) in [5.41, 5.74) is 1.37. The van der Waals surface area contributed by atoms with Crippen LogP contribution in [0.1, 0.15) is 33.3 Å². The minimum absolute atomic E-state index is 0.312. The number of hydrogen-bond acceptors (Lipinski definition) is 3. The smallest absolute Gasteiger partial charge is 0.341 e. The first-order chi connectivity index (χ1) is 6.61. The topological polar surface area (TPSA) is 59.2 Å². The van der Waals surface area contributed by atoms with Gasteiger partial charge in [0.1, 0.15) is 0 Å².